The molecular weight excluding hydrogens is 328 g/mol. The summed E-state index contributed by atoms with van der Waals surface area (Å²) in [6.45, 7) is 2.28. The van der Waals surface area contributed by atoms with Crippen molar-refractivity contribution < 1.29 is 8.42 Å². The molecule has 0 fully saturated rings. The lowest BCUT2D eigenvalue weighted by Crippen LogP contribution is -2.27. The van der Waals surface area contributed by atoms with Gasteiger partial charge in [-0.1, -0.05) is 19.1 Å². The molecule has 0 saturated carbocycles. The number of hydrogen-bond donors (Lipinski definition) is 1. The van der Waals surface area contributed by atoms with Gasteiger partial charge in [0.25, 0.3) is 0 Å². The maximum Gasteiger partial charge on any atom is 0.240 e. The third kappa shape index (κ3) is 4.51. The van der Waals surface area contributed by atoms with E-state index in [0.29, 0.717) is 12.4 Å². The summed E-state index contributed by atoms with van der Waals surface area (Å²) < 4.78 is 27.1. The minimum Gasteiger partial charge on any atom is -0.249 e. The molecule has 114 valence electrons. The van der Waals surface area contributed by atoms with E-state index in [1.807, 2.05) is 12.3 Å². The van der Waals surface area contributed by atoms with E-state index in [4.69, 9.17) is 11.6 Å². The first-order valence-corrected chi connectivity index (χ1v) is 9.46. The molecule has 1 aromatic carbocycles. The monoisotopic (exact) mass is 344 g/mol. The Labute approximate surface area is 134 Å². The van der Waals surface area contributed by atoms with Crippen molar-refractivity contribution >= 4 is 33.0 Å². The highest BCUT2D eigenvalue weighted by atomic mass is 35.5. The van der Waals surface area contributed by atoms with Gasteiger partial charge >= 0.3 is 0 Å². The van der Waals surface area contributed by atoms with Gasteiger partial charge in [0.1, 0.15) is 0 Å². The van der Waals surface area contributed by atoms with Crippen LogP contribution in [0.2, 0.25) is 0 Å². The molecule has 1 N–H and O–H groups in total. The molecule has 21 heavy (non-hydrogen) atoms. The first-order chi connectivity index (χ1) is 10.0. The van der Waals surface area contributed by atoms with E-state index < -0.39 is 10.0 Å². The van der Waals surface area contributed by atoms with Gasteiger partial charge < -0.3 is 0 Å². The van der Waals surface area contributed by atoms with Crippen LogP contribution in [-0.2, 0) is 16.4 Å². The van der Waals surface area contributed by atoms with Crippen molar-refractivity contribution in [3.63, 3.8) is 0 Å². The van der Waals surface area contributed by atoms with E-state index >= 15 is 0 Å². The number of thiazole rings is 1. The zero-order chi connectivity index (χ0) is 15.3. The molecular formula is C14H17ClN2O2S2. The maximum atomic E-state index is 12.2. The maximum absolute atomic E-state index is 12.2. The second kappa shape index (κ2) is 7.35. The Hall–Kier alpha value is -0.950. The molecule has 1 unspecified atom stereocenters. The van der Waals surface area contributed by atoms with Crippen LogP contribution in [0.3, 0.4) is 0 Å². The molecule has 2 aromatic rings. The van der Waals surface area contributed by atoms with Crippen molar-refractivity contribution in [2.75, 3.05) is 12.4 Å². The number of benzene rings is 1. The third-order valence-corrected chi connectivity index (χ3v) is 5.70. The Balaban J connectivity index is 2.01. The van der Waals surface area contributed by atoms with Gasteiger partial charge in [-0.05, 0) is 24.1 Å². The fraction of sp³-hybridized carbons (Fsp3) is 0.357. The van der Waals surface area contributed by atoms with Crippen LogP contribution in [0.15, 0.2) is 40.7 Å². The Morgan fingerprint density at radius 2 is 2.05 bits per heavy atom. The van der Waals surface area contributed by atoms with Crippen molar-refractivity contribution in [2.45, 2.75) is 24.2 Å². The third-order valence-electron chi connectivity index (χ3n) is 3.07. The standard InChI is InChI=1S/C14H17ClN2O2S2/c1-11(14-16-8-9-20-14)10-17-21(18,19)13-4-2-12(3-5-13)6-7-15/h2-5,8-9,11,17H,6-7,10H2,1H3. The molecule has 7 heteroatoms. The Bertz CT molecular complexity index is 655. The van der Waals surface area contributed by atoms with Gasteiger partial charge in [0.05, 0.1) is 9.90 Å². The smallest absolute Gasteiger partial charge is 0.240 e. The summed E-state index contributed by atoms with van der Waals surface area (Å²) in [5.41, 5.74) is 1.03. The van der Waals surface area contributed by atoms with Gasteiger partial charge in [-0.25, -0.2) is 18.1 Å². The van der Waals surface area contributed by atoms with Crippen molar-refractivity contribution in [1.82, 2.24) is 9.71 Å². The molecule has 0 aliphatic carbocycles. The highest BCUT2D eigenvalue weighted by Crippen LogP contribution is 2.18. The van der Waals surface area contributed by atoms with Gasteiger partial charge in [-0.15, -0.1) is 22.9 Å². The molecule has 0 spiro atoms. The SMILES string of the molecule is CC(CNS(=O)(=O)c1ccc(CCCl)cc1)c1nccs1. The Kier molecular flexibility index (Phi) is 5.75. The zero-order valence-electron chi connectivity index (χ0n) is 11.6. The molecule has 1 atom stereocenters. The summed E-state index contributed by atoms with van der Waals surface area (Å²) in [6, 6.07) is 6.80. The van der Waals surface area contributed by atoms with Crippen LogP contribution in [0, 0.1) is 0 Å². The van der Waals surface area contributed by atoms with Crippen LogP contribution in [0.25, 0.3) is 0 Å². The summed E-state index contributed by atoms with van der Waals surface area (Å²) in [5.74, 6) is 0.575. The highest BCUT2D eigenvalue weighted by molar-refractivity contribution is 7.89. The first kappa shape index (κ1) is 16.4. The fourth-order valence-corrected chi connectivity index (χ4v) is 3.87. The molecule has 0 radical (unpaired) electrons. The van der Waals surface area contributed by atoms with Crippen LogP contribution in [0.1, 0.15) is 23.4 Å². The zero-order valence-corrected chi connectivity index (χ0v) is 14.0. The van der Waals surface area contributed by atoms with Gasteiger partial charge in [0.15, 0.2) is 0 Å². The number of sulfonamides is 1. The lowest BCUT2D eigenvalue weighted by Gasteiger charge is -2.11. The average Bonchev–Trinajstić information content (AvgIpc) is 3.00. The number of halogens is 1. The number of nitrogens with one attached hydrogen (secondary N) is 1. The Morgan fingerprint density at radius 3 is 2.62 bits per heavy atom. The minimum atomic E-state index is -3.48. The molecule has 2 rings (SSSR count). The van der Waals surface area contributed by atoms with Crippen LogP contribution >= 0.6 is 22.9 Å². The fourth-order valence-electron chi connectivity index (χ4n) is 1.83. The van der Waals surface area contributed by atoms with Crippen LogP contribution in [0.4, 0.5) is 0 Å². The van der Waals surface area contributed by atoms with Gasteiger partial charge in [-0.3, -0.25) is 0 Å². The predicted molar refractivity (Wildman–Crippen MR) is 86.6 cm³/mol. The predicted octanol–water partition coefficient (Wildman–Crippen LogP) is 3.01. The molecule has 0 aliphatic heterocycles. The van der Waals surface area contributed by atoms with Gasteiger partial charge in [0.2, 0.25) is 10.0 Å². The van der Waals surface area contributed by atoms with E-state index in [0.717, 1.165) is 17.0 Å². The molecule has 0 aliphatic rings. The van der Waals surface area contributed by atoms with Crippen LogP contribution in [0.5, 0.6) is 0 Å². The normalized spacial score (nSPS) is 13.2. The summed E-state index contributed by atoms with van der Waals surface area (Å²) >= 11 is 7.19. The lowest BCUT2D eigenvalue weighted by molar-refractivity contribution is 0.574. The Morgan fingerprint density at radius 1 is 1.33 bits per heavy atom. The lowest BCUT2D eigenvalue weighted by atomic mass is 10.2. The number of nitrogens with zero attached hydrogens (tertiary/aromatic N) is 1. The van der Waals surface area contributed by atoms with Crippen LogP contribution in [-0.4, -0.2) is 25.8 Å². The van der Waals surface area contributed by atoms with Crippen molar-refractivity contribution in [3.05, 3.63) is 46.4 Å². The van der Waals surface area contributed by atoms with E-state index in [-0.39, 0.29) is 10.8 Å². The molecule has 1 heterocycles. The summed E-state index contributed by atoms with van der Waals surface area (Å²) in [5, 5.41) is 2.81. The highest BCUT2D eigenvalue weighted by Gasteiger charge is 2.16. The molecule has 1 aromatic heterocycles. The largest absolute Gasteiger partial charge is 0.249 e. The quantitative estimate of drug-likeness (QED) is 0.785. The summed E-state index contributed by atoms with van der Waals surface area (Å²) in [4.78, 5) is 4.46. The van der Waals surface area contributed by atoms with E-state index in [1.165, 1.54) is 11.3 Å². The number of aromatic nitrogens is 1. The topological polar surface area (TPSA) is 59.1 Å². The summed E-state index contributed by atoms with van der Waals surface area (Å²) in [6.07, 6.45) is 2.46. The number of rotatable bonds is 7. The number of alkyl halides is 1. The minimum absolute atomic E-state index is 0.0512. The van der Waals surface area contributed by atoms with Gasteiger partial charge in [0, 0.05) is 29.9 Å². The average molecular weight is 345 g/mol. The van der Waals surface area contributed by atoms with E-state index in [1.54, 1.807) is 30.5 Å². The second-order valence-electron chi connectivity index (χ2n) is 4.71. The first-order valence-electron chi connectivity index (χ1n) is 6.57. The van der Waals surface area contributed by atoms with Crippen molar-refractivity contribution in [2.24, 2.45) is 0 Å². The molecule has 0 amide bonds. The summed E-state index contributed by atoms with van der Waals surface area (Å²) in [7, 11) is -3.48. The van der Waals surface area contributed by atoms with Crippen LogP contribution < -0.4 is 4.72 Å². The number of hydrogen-bond acceptors (Lipinski definition) is 4. The van der Waals surface area contributed by atoms with E-state index in [2.05, 4.69) is 9.71 Å². The molecule has 0 saturated heterocycles. The molecule has 0 bridgehead atoms. The van der Waals surface area contributed by atoms with Gasteiger partial charge in [-0.2, -0.15) is 0 Å². The van der Waals surface area contributed by atoms with E-state index in [9.17, 15) is 8.42 Å². The van der Waals surface area contributed by atoms with Crippen molar-refractivity contribution in [1.29, 1.82) is 0 Å². The van der Waals surface area contributed by atoms with Crippen molar-refractivity contribution in [3.8, 4) is 0 Å². The number of aryl methyl sites for hydroxylation is 1. The molecule has 4 nitrogen and oxygen atoms in total. The second-order valence-corrected chi connectivity index (χ2v) is 7.78.